The summed E-state index contributed by atoms with van der Waals surface area (Å²) in [5.41, 5.74) is 0. The Kier molecular flexibility index (Phi) is 2.60. The molecule has 0 aliphatic carbocycles. The van der Waals surface area contributed by atoms with Gasteiger partial charge in [0.2, 0.25) is 0 Å². The molecular formula is C8H16N2O2. The lowest BCUT2D eigenvalue weighted by atomic mass is 10.1. The zero-order chi connectivity index (χ0) is 8.39. The van der Waals surface area contributed by atoms with Crippen molar-refractivity contribution < 1.29 is 9.84 Å². The number of nitrogens with one attached hydrogen (secondary N) is 1. The standard InChI is InChI=1S/C8H16N2O2/c11-2-1-10-5-7-3-9-4-8(6-10)12-7/h7-9,11H,1-6H2. The fourth-order valence-electron chi connectivity index (χ4n) is 1.96. The molecule has 2 rings (SSSR count). The quantitative estimate of drug-likeness (QED) is 0.540. The number of β-amino-alcohol motifs (C(OH)–C–C–N with tert-alkyl or cyclic N) is 1. The first-order valence-corrected chi connectivity index (χ1v) is 4.58. The summed E-state index contributed by atoms with van der Waals surface area (Å²) in [6.07, 6.45) is 0.674. The van der Waals surface area contributed by atoms with E-state index in [-0.39, 0.29) is 6.61 Å². The van der Waals surface area contributed by atoms with Gasteiger partial charge in [-0.05, 0) is 0 Å². The van der Waals surface area contributed by atoms with Crippen LogP contribution < -0.4 is 5.32 Å². The smallest absolute Gasteiger partial charge is 0.0831 e. The van der Waals surface area contributed by atoms with Gasteiger partial charge in [0.1, 0.15) is 0 Å². The highest BCUT2D eigenvalue weighted by atomic mass is 16.5. The molecule has 4 nitrogen and oxygen atoms in total. The van der Waals surface area contributed by atoms with E-state index in [0.717, 1.165) is 32.7 Å². The normalized spacial score (nSPS) is 36.8. The van der Waals surface area contributed by atoms with Crippen molar-refractivity contribution in [2.45, 2.75) is 12.2 Å². The van der Waals surface area contributed by atoms with Crippen LogP contribution in [0.5, 0.6) is 0 Å². The lowest BCUT2D eigenvalue weighted by Gasteiger charge is -2.41. The molecule has 0 aromatic carbocycles. The van der Waals surface area contributed by atoms with Crippen LogP contribution in [0.4, 0.5) is 0 Å². The molecule has 2 aliphatic rings. The number of morpholine rings is 2. The molecule has 70 valence electrons. The van der Waals surface area contributed by atoms with Crippen LogP contribution in [0, 0.1) is 0 Å². The van der Waals surface area contributed by atoms with E-state index in [9.17, 15) is 0 Å². The first kappa shape index (κ1) is 8.44. The van der Waals surface area contributed by atoms with Gasteiger partial charge in [-0.3, -0.25) is 4.90 Å². The van der Waals surface area contributed by atoms with Gasteiger partial charge in [0.25, 0.3) is 0 Å². The Morgan fingerprint density at radius 1 is 1.33 bits per heavy atom. The number of hydrogen-bond donors (Lipinski definition) is 2. The molecule has 0 spiro atoms. The molecule has 2 aliphatic heterocycles. The maximum absolute atomic E-state index is 8.78. The maximum atomic E-state index is 8.78. The molecule has 0 aromatic heterocycles. The van der Waals surface area contributed by atoms with Crippen LogP contribution in [0.15, 0.2) is 0 Å². The number of fused-ring (bicyclic) bond motifs is 2. The van der Waals surface area contributed by atoms with E-state index in [4.69, 9.17) is 9.84 Å². The van der Waals surface area contributed by atoms with E-state index in [1.54, 1.807) is 0 Å². The van der Waals surface area contributed by atoms with Crippen molar-refractivity contribution in [1.82, 2.24) is 10.2 Å². The molecule has 0 radical (unpaired) electrons. The van der Waals surface area contributed by atoms with Crippen LogP contribution in [-0.4, -0.2) is 61.5 Å². The minimum Gasteiger partial charge on any atom is -0.395 e. The summed E-state index contributed by atoms with van der Waals surface area (Å²) < 4.78 is 5.71. The summed E-state index contributed by atoms with van der Waals surface area (Å²) in [7, 11) is 0. The lowest BCUT2D eigenvalue weighted by molar-refractivity contribution is -0.104. The SMILES string of the molecule is OCCN1CC2CNCC(C1)O2. The highest BCUT2D eigenvalue weighted by Gasteiger charge is 2.30. The van der Waals surface area contributed by atoms with Crippen molar-refractivity contribution in [2.75, 3.05) is 39.3 Å². The van der Waals surface area contributed by atoms with Crippen molar-refractivity contribution in [1.29, 1.82) is 0 Å². The predicted octanol–water partition coefficient (Wildman–Crippen LogP) is -1.35. The molecule has 0 saturated carbocycles. The molecule has 2 saturated heterocycles. The monoisotopic (exact) mass is 172 g/mol. The molecular weight excluding hydrogens is 156 g/mol. The van der Waals surface area contributed by atoms with Crippen LogP contribution in [0.2, 0.25) is 0 Å². The molecule has 0 amide bonds. The van der Waals surface area contributed by atoms with E-state index >= 15 is 0 Å². The molecule has 2 atom stereocenters. The van der Waals surface area contributed by atoms with Crippen molar-refractivity contribution in [2.24, 2.45) is 0 Å². The summed E-state index contributed by atoms with van der Waals surface area (Å²) in [6.45, 7) is 4.88. The van der Waals surface area contributed by atoms with E-state index < -0.39 is 0 Å². The Morgan fingerprint density at radius 3 is 2.58 bits per heavy atom. The Hall–Kier alpha value is -0.160. The number of aliphatic hydroxyl groups excluding tert-OH is 1. The minimum atomic E-state index is 0.257. The Labute approximate surface area is 72.5 Å². The second-order valence-corrected chi connectivity index (χ2v) is 3.52. The van der Waals surface area contributed by atoms with E-state index in [1.165, 1.54) is 0 Å². The summed E-state index contributed by atoms with van der Waals surface area (Å²) in [4.78, 5) is 2.28. The predicted molar refractivity (Wildman–Crippen MR) is 45.1 cm³/mol. The van der Waals surface area contributed by atoms with Crippen LogP contribution in [0.1, 0.15) is 0 Å². The van der Waals surface area contributed by atoms with Crippen molar-refractivity contribution in [3.63, 3.8) is 0 Å². The zero-order valence-electron chi connectivity index (χ0n) is 7.20. The van der Waals surface area contributed by atoms with Gasteiger partial charge in [-0.15, -0.1) is 0 Å². The number of rotatable bonds is 2. The molecule has 2 fully saturated rings. The van der Waals surface area contributed by atoms with Gasteiger partial charge in [-0.2, -0.15) is 0 Å². The summed E-state index contributed by atoms with van der Waals surface area (Å²) in [5, 5.41) is 12.1. The Balaban J connectivity index is 1.87. The largest absolute Gasteiger partial charge is 0.395 e. The highest BCUT2D eigenvalue weighted by molar-refractivity contribution is 4.84. The van der Waals surface area contributed by atoms with Crippen LogP contribution in [0.25, 0.3) is 0 Å². The molecule has 2 N–H and O–H groups in total. The average Bonchev–Trinajstić information content (AvgIpc) is 2.04. The molecule has 2 heterocycles. The summed E-state index contributed by atoms with van der Waals surface area (Å²) in [5.74, 6) is 0. The van der Waals surface area contributed by atoms with Gasteiger partial charge in [-0.1, -0.05) is 0 Å². The molecule has 12 heavy (non-hydrogen) atoms. The topological polar surface area (TPSA) is 44.7 Å². The number of nitrogens with zero attached hydrogens (tertiary/aromatic N) is 1. The Morgan fingerprint density at radius 2 is 2.00 bits per heavy atom. The van der Waals surface area contributed by atoms with Gasteiger partial charge >= 0.3 is 0 Å². The number of hydrogen-bond acceptors (Lipinski definition) is 4. The highest BCUT2D eigenvalue weighted by Crippen LogP contribution is 2.13. The van der Waals surface area contributed by atoms with E-state index in [1.807, 2.05) is 0 Å². The first-order valence-electron chi connectivity index (χ1n) is 4.58. The molecule has 0 aromatic rings. The number of ether oxygens (including phenoxy) is 1. The van der Waals surface area contributed by atoms with Gasteiger partial charge in [-0.25, -0.2) is 0 Å². The van der Waals surface area contributed by atoms with Crippen LogP contribution in [-0.2, 0) is 4.74 Å². The van der Waals surface area contributed by atoms with Gasteiger partial charge in [0, 0.05) is 32.7 Å². The third-order valence-corrected chi connectivity index (χ3v) is 2.47. The Bertz CT molecular complexity index is 142. The van der Waals surface area contributed by atoms with E-state index in [0.29, 0.717) is 12.2 Å². The second kappa shape index (κ2) is 3.70. The lowest BCUT2D eigenvalue weighted by Crippen LogP contribution is -2.58. The third-order valence-electron chi connectivity index (χ3n) is 2.47. The summed E-state index contributed by atoms with van der Waals surface area (Å²) in [6, 6.07) is 0. The average molecular weight is 172 g/mol. The first-order chi connectivity index (χ1) is 5.88. The summed E-state index contributed by atoms with van der Waals surface area (Å²) >= 11 is 0. The molecule has 2 unspecified atom stereocenters. The van der Waals surface area contributed by atoms with Gasteiger partial charge in [0.05, 0.1) is 18.8 Å². The van der Waals surface area contributed by atoms with E-state index in [2.05, 4.69) is 10.2 Å². The van der Waals surface area contributed by atoms with Gasteiger partial charge < -0.3 is 15.2 Å². The zero-order valence-corrected chi connectivity index (χ0v) is 7.20. The molecule has 4 heteroatoms. The van der Waals surface area contributed by atoms with Crippen molar-refractivity contribution in [3.8, 4) is 0 Å². The maximum Gasteiger partial charge on any atom is 0.0831 e. The van der Waals surface area contributed by atoms with Crippen molar-refractivity contribution >= 4 is 0 Å². The fourth-order valence-corrected chi connectivity index (χ4v) is 1.96. The molecule has 2 bridgehead atoms. The third kappa shape index (κ3) is 1.77. The van der Waals surface area contributed by atoms with Crippen LogP contribution >= 0.6 is 0 Å². The second-order valence-electron chi connectivity index (χ2n) is 3.52. The van der Waals surface area contributed by atoms with Gasteiger partial charge in [0.15, 0.2) is 0 Å². The fraction of sp³-hybridized carbons (Fsp3) is 1.00. The number of aliphatic hydroxyl groups is 1. The minimum absolute atomic E-state index is 0.257. The van der Waals surface area contributed by atoms with Crippen molar-refractivity contribution in [3.05, 3.63) is 0 Å². The van der Waals surface area contributed by atoms with Crippen LogP contribution in [0.3, 0.4) is 0 Å².